The van der Waals surface area contributed by atoms with E-state index >= 15 is 0 Å². The zero-order valence-corrected chi connectivity index (χ0v) is 13.9. The van der Waals surface area contributed by atoms with Crippen molar-refractivity contribution in [1.29, 1.82) is 0 Å². The topological polar surface area (TPSA) is 45.5 Å². The number of aryl methyl sites for hydroxylation is 2. The van der Waals surface area contributed by atoms with Crippen LogP contribution in [0.4, 0.5) is 0 Å². The molecule has 22 heavy (non-hydrogen) atoms. The Morgan fingerprint density at radius 3 is 2.59 bits per heavy atom. The van der Waals surface area contributed by atoms with Gasteiger partial charge in [-0.1, -0.05) is 29.8 Å². The van der Waals surface area contributed by atoms with Gasteiger partial charge in [-0.25, -0.2) is 0 Å². The zero-order chi connectivity index (χ0) is 15.9. The van der Waals surface area contributed by atoms with Crippen LogP contribution in [-0.4, -0.2) is 41.3 Å². The van der Waals surface area contributed by atoms with Gasteiger partial charge in [-0.3, -0.25) is 9.67 Å². The normalized spacial score (nSPS) is 11.5. The summed E-state index contributed by atoms with van der Waals surface area (Å²) in [4.78, 5) is 6.44. The molecule has 5 heteroatoms. The van der Waals surface area contributed by atoms with Crippen molar-refractivity contribution in [2.75, 3.05) is 20.6 Å². The smallest absolute Gasteiger partial charge is 0.193 e. The molecule has 2 rings (SSSR count). The minimum Gasteiger partial charge on any atom is -0.356 e. The van der Waals surface area contributed by atoms with Gasteiger partial charge >= 0.3 is 0 Å². The maximum absolute atomic E-state index is 4.34. The lowest BCUT2D eigenvalue weighted by Gasteiger charge is -2.21. The molecule has 1 heterocycles. The van der Waals surface area contributed by atoms with Crippen molar-refractivity contribution >= 4 is 5.96 Å². The van der Waals surface area contributed by atoms with Gasteiger partial charge < -0.3 is 10.2 Å². The number of nitrogens with zero attached hydrogens (tertiary/aromatic N) is 4. The lowest BCUT2D eigenvalue weighted by molar-refractivity contribution is 0.477. The van der Waals surface area contributed by atoms with E-state index in [0.29, 0.717) is 0 Å². The third-order valence-corrected chi connectivity index (χ3v) is 3.57. The highest BCUT2D eigenvalue weighted by molar-refractivity contribution is 5.79. The second-order valence-electron chi connectivity index (χ2n) is 5.59. The summed E-state index contributed by atoms with van der Waals surface area (Å²) in [5, 5.41) is 7.60. The molecule has 2 aromatic rings. The van der Waals surface area contributed by atoms with E-state index in [1.54, 1.807) is 0 Å². The Labute approximate surface area is 132 Å². The first-order chi connectivity index (χ1) is 10.6. The van der Waals surface area contributed by atoms with Crippen LogP contribution in [0.15, 0.2) is 41.7 Å². The Morgan fingerprint density at radius 2 is 2.00 bits per heavy atom. The highest BCUT2D eigenvalue weighted by atomic mass is 15.3. The monoisotopic (exact) mass is 299 g/mol. The second-order valence-corrected chi connectivity index (χ2v) is 5.59. The summed E-state index contributed by atoms with van der Waals surface area (Å²) in [6, 6.07) is 8.66. The molecule has 5 nitrogen and oxygen atoms in total. The maximum Gasteiger partial charge on any atom is 0.193 e. The van der Waals surface area contributed by atoms with Gasteiger partial charge in [0.1, 0.15) is 0 Å². The van der Waals surface area contributed by atoms with Gasteiger partial charge in [-0.2, -0.15) is 5.10 Å². The molecule has 0 fully saturated rings. The van der Waals surface area contributed by atoms with Crippen molar-refractivity contribution < 1.29 is 0 Å². The van der Waals surface area contributed by atoms with E-state index in [-0.39, 0.29) is 0 Å². The molecule has 0 unspecified atom stereocenters. The zero-order valence-electron chi connectivity index (χ0n) is 13.9. The maximum atomic E-state index is 4.34. The first-order valence-electron chi connectivity index (χ1n) is 7.53. The molecule has 118 valence electrons. The Kier molecular flexibility index (Phi) is 5.58. The largest absolute Gasteiger partial charge is 0.356 e. The lowest BCUT2D eigenvalue weighted by Crippen LogP contribution is -2.39. The van der Waals surface area contributed by atoms with E-state index in [2.05, 4.69) is 51.5 Å². The van der Waals surface area contributed by atoms with Crippen molar-refractivity contribution in [3.8, 4) is 0 Å². The van der Waals surface area contributed by atoms with E-state index in [4.69, 9.17) is 0 Å². The number of hydrogen-bond donors (Lipinski definition) is 1. The van der Waals surface area contributed by atoms with Crippen LogP contribution in [0.1, 0.15) is 16.7 Å². The molecule has 0 aliphatic carbocycles. The fourth-order valence-corrected chi connectivity index (χ4v) is 2.36. The summed E-state index contributed by atoms with van der Waals surface area (Å²) < 4.78 is 1.82. The van der Waals surface area contributed by atoms with Crippen molar-refractivity contribution in [2.24, 2.45) is 12.0 Å². The Bertz CT molecular complexity index is 612. The first-order valence-corrected chi connectivity index (χ1v) is 7.53. The van der Waals surface area contributed by atoms with E-state index < -0.39 is 0 Å². The molecule has 0 bridgehead atoms. The summed E-state index contributed by atoms with van der Waals surface area (Å²) >= 11 is 0. The predicted octanol–water partition coefficient (Wildman–Crippen LogP) is 1.98. The predicted molar refractivity (Wildman–Crippen MR) is 90.9 cm³/mol. The molecule has 1 aromatic carbocycles. The van der Waals surface area contributed by atoms with Crippen LogP contribution in [0.3, 0.4) is 0 Å². The molecule has 0 atom stereocenters. The van der Waals surface area contributed by atoms with E-state index in [1.807, 2.05) is 38.2 Å². The molecule has 1 N–H and O–H groups in total. The van der Waals surface area contributed by atoms with Crippen LogP contribution in [0.25, 0.3) is 0 Å². The molecule has 0 radical (unpaired) electrons. The quantitative estimate of drug-likeness (QED) is 0.678. The van der Waals surface area contributed by atoms with Gasteiger partial charge in [0.2, 0.25) is 0 Å². The summed E-state index contributed by atoms with van der Waals surface area (Å²) in [7, 11) is 5.78. The standard InChI is InChI=1S/C17H25N5/c1-14-5-7-15(8-6-14)9-10-19-17(18-2)21(3)12-16-11-20-22(4)13-16/h5-8,11,13H,9-10,12H2,1-4H3,(H,18,19). The van der Waals surface area contributed by atoms with Crippen LogP contribution in [0, 0.1) is 6.92 Å². The number of rotatable bonds is 5. The van der Waals surface area contributed by atoms with Gasteiger partial charge in [-0.15, -0.1) is 0 Å². The van der Waals surface area contributed by atoms with E-state index in [0.717, 1.165) is 25.5 Å². The fourth-order valence-electron chi connectivity index (χ4n) is 2.36. The Hall–Kier alpha value is -2.30. The number of benzene rings is 1. The van der Waals surface area contributed by atoms with Crippen LogP contribution in [0.2, 0.25) is 0 Å². The molecule has 0 aliphatic heterocycles. The van der Waals surface area contributed by atoms with Crippen LogP contribution in [0.5, 0.6) is 0 Å². The van der Waals surface area contributed by atoms with Gasteiger partial charge in [0, 0.05) is 46.0 Å². The molecule has 0 saturated heterocycles. The van der Waals surface area contributed by atoms with Crippen molar-refractivity contribution in [1.82, 2.24) is 20.0 Å². The number of hydrogen-bond acceptors (Lipinski definition) is 2. The van der Waals surface area contributed by atoms with Crippen molar-refractivity contribution in [3.05, 3.63) is 53.3 Å². The van der Waals surface area contributed by atoms with Crippen molar-refractivity contribution in [3.63, 3.8) is 0 Å². The minimum atomic E-state index is 0.790. The molecular formula is C17H25N5. The third-order valence-electron chi connectivity index (χ3n) is 3.57. The Balaban J connectivity index is 1.82. The van der Waals surface area contributed by atoms with E-state index in [1.165, 1.54) is 16.7 Å². The first kappa shape index (κ1) is 16.1. The lowest BCUT2D eigenvalue weighted by atomic mass is 10.1. The molecule has 0 spiro atoms. The average Bonchev–Trinajstić information content (AvgIpc) is 2.90. The molecule has 0 saturated carbocycles. The Morgan fingerprint density at radius 1 is 1.27 bits per heavy atom. The SMILES string of the molecule is CN=C(NCCc1ccc(C)cc1)N(C)Cc1cnn(C)c1. The van der Waals surface area contributed by atoms with Gasteiger partial charge in [0.05, 0.1) is 6.20 Å². The number of nitrogens with one attached hydrogen (secondary N) is 1. The summed E-state index contributed by atoms with van der Waals surface area (Å²) in [5.41, 5.74) is 3.80. The number of guanidine groups is 1. The summed E-state index contributed by atoms with van der Waals surface area (Å²) in [6.45, 7) is 3.77. The minimum absolute atomic E-state index is 0.790. The number of aliphatic imine (C=N–C) groups is 1. The van der Waals surface area contributed by atoms with Gasteiger partial charge in [0.25, 0.3) is 0 Å². The van der Waals surface area contributed by atoms with Crippen LogP contribution in [-0.2, 0) is 20.0 Å². The van der Waals surface area contributed by atoms with E-state index in [9.17, 15) is 0 Å². The highest BCUT2D eigenvalue weighted by Gasteiger charge is 2.07. The fraction of sp³-hybridized carbons (Fsp3) is 0.412. The number of aromatic nitrogens is 2. The highest BCUT2D eigenvalue weighted by Crippen LogP contribution is 2.04. The van der Waals surface area contributed by atoms with Gasteiger partial charge in [-0.05, 0) is 18.9 Å². The summed E-state index contributed by atoms with van der Waals surface area (Å²) in [6.07, 6.45) is 4.90. The molecule has 1 aromatic heterocycles. The molecule has 0 aliphatic rings. The van der Waals surface area contributed by atoms with Crippen LogP contribution < -0.4 is 5.32 Å². The van der Waals surface area contributed by atoms with Crippen molar-refractivity contribution in [2.45, 2.75) is 19.9 Å². The third kappa shape index (κ3) is 4.62. The average molecular weight is 299 g/mol. The van der Waals surface area contributed by atoms with Gasteiger partial charge in [0.15, 0.2) is 5.96 Å². The summed E-state index contributed by atoms with van der Waals surface area (Å²) in [5.74, 6) is 0.899. The molecular weight excluding hydrogens is 274 g/mol. The van der Waals surface area contributed by atoms with Crippen LogP contribution >= 0.6 is 0 Å². The second kappa shape index (κ2) is 7.64. The molecule has 0 amide bonds.